The third kappa shape index (κ3) is 6.59. The Kier molecular flexibility index (Phi) is 7.71. The monoisotopic (exact) mass is 182 g/mol. The van der Waals surface area contributed by atoms with Crippen LogP contribution in [-0.2, 0) is 0 Å². The summed E-state index contributed by atoms with van der Waals surface area (Å²) in [6, 6.07) is 0. The maximum atomic E-state index is 8.65. The summed E-state index contributed by atoms with van der Waals surface area (Å²) in [5.74, 6) is 0. The lowest BCUT2D eigenvalue weighted by molar-refractivity contribution is 0.341. The van der Waals surface area contributed by atoms with Crippen LogP contribution < -0.4 is 0 Å². The van der Waals surface area contributed by atoms with Crippen LogP contribution in [0.5, 0.6) is 0 Å². The molecule has 1 N–H and O–H groups in total. The molecule has 13 heavy (non-hydrogen) atoms. The molecule has 0 aliphatic carbocycles. The maximum absolute atomic E-state index is 8.65. The van der Waals surface area contributed by atoms with Crippen LogP contribution in [0.4, 0.5) is 0 Å². The van der Waals surface area contributed by atoms with Crippen LogP contribution >= 0.6 is 0 Å². The van der Waals surface area contributed by atoms with E-state index >= 15 is 0 Å². The van der Waals surface area contributed by atoms with Crippen LogP contribution in [0.1, 0.15) is 46.5 Å². The second-order valence-electron chi connectivity index (χ2n) is 3.34. The fraction of sp³-hybridized carbons (Fsp3) is 0.667. The minimum Gasteiger partial charge on any atom is -0.392 e. The van der Waals surface area contributed by atoms with Crippen molar-refractivity contribution < 1.29 is 5.11 Å². The normalized spacial score (nSPS) is 11.5. The van der Waals surface area contributed by atoms with Crippen molar-refractivity contribution in [2.24, 2.45) is 0 Å². The largest absolute Gasteiger partial charge is 0.392 e. The van der Waals surface area contributed by atoms with E-state index in [2.05, 4.69) is 26.8 Å². The zero-order valence-electron chi connectivity index (χ0n) is 9.14. The standard InChI is InChI=1S/C12H22O/c1-4-12(5-2)8-6-7-11(3)9-10-13/h8-9,13H,4-7,10H2,1-3H3/b11-9+. The van der Waals surface area contributed by atoms with Gasteiger partial charge in [0.25, 0.3) is 0 Å². The highest BCUT2D eigenvalue weighted by Gasteiger charge is 1.91. The Morgan fingerprint density at radius 2 is 1.77 bits per heavy atom. The van der Waals surface area contributed by atoms with Gasteiger partial charge >= 0.3 is 0 Å². The molecule has 76 valence electrons. The van der Waals surface area contributed by atoms with Gasteiger partial charge in [0.2, 0.25) is 0 Å². The van der Waals surface area contributed by atoms with Gasteiger partial charge in [-0.2, -0.15) is 0 Å². The van der Waals surface area contributed by atoms with Crippen molar-refractivity contribution in [3.8, 4) is 0 Å². The molecule has 0 radical (unpaired) electrons. The van der Waals surface area contributed by atoms with Crippen LogP contribution in [0.2, 0.25) is 0 Å². The van der Waals surface area contributed by atoms with Gasteiger partial charge in [-0.25, -0.2) is 0 Å². The summed E-state index contributed by atoms with van der Waals surface area (Å²) >= 11 is 0. The lowest BCUT2D eigenvalue weighted by Gasteiger charge is -2.00. The SMILES string of the molecule is CCC(=CCC/C(C)=C/CO)CC. The first kappa shape index (κ1) is 12.4. The van der Waals surface area contributed by atoms with E-state index in [-0.39, 0.29) is 6.61 Å². The van der Waals surface area contributed by atoms with Crippen LogP contribution in [-0.4, -0.2) is 11.7 Å². The molecular weight excluding hydrogens is 160 g/mol. The fourth-order valence-electron chi connectivity index (χ4n) is 1.30. The quantitative estimate of drug-likeness (QED) is 0.624. The number of allylic oxidation sites excluding steroid dienone is 3. The first-order chi connectivity index (χ1) is 6.24. The summed E-state index contributed by atoms with van der Waals surface area (Å²) < 4.78 is 0. The highest BCUT2D eigenvalue weighted by Crippen LogP contribution is 2.10. The average Bonchev–Trinajstić information content (AvgIpc) is 2.13. The number of hydrogen-bond acceptors (Lipinski definition) is 1. The van der Waals surface area contributed by atoms with E-state index in [9.17, 15) is 0 Å². The Labute approximate surface area is 82.2 Å². The predicted molar refractivity (Wildman–Crippen MR) is 58.7 cm³/mol. The molecule has 0 spiro atoms. The van der Waals surface area contributed by atoms with Gasteiger partial charge in [-0.05, 0) is 32.6 Å². The molecule has 0 aromatic heterocycles. The van der Waals surface area contributed by atoms with Gasteiger partial charge in [0.05, 0.1) is 6.61 Å². The topological polar surface area (TPSA) is 20.2 Å². The minimum atomic E-state index is 0.171. The lowest BCUT2D eigenvalue weighted by Crippen LogP contribution is -1.82. The molecule has 0 atom stereocenters. The Balaban J connectivity index is 3.76. The number of aliphatic hydroxyl groups is 1. The molecule has 0 bridgehead atoms. The van der Waals surface area contributed by atoms with Gasteiger partial charge in [-0.1, -0.05) is 37.1 Å². The van der Waals surface area contributed by atoms with E-state index in [0.717, 1.165) is 12.8 Å². The molecule has 0 saturated carbocycles. The molecule has 0 aliphatic rings. The highest BCUT2D eigenvalue weighted by molar-refractivity contribution is 5.04. The van der Waals surface area contributed by atoms with Crippen LogP contribution in [0.15, 0.2) is 23.3 Å². The third-order valence-electron chi connectivity index (χ3n) is 2.32. The molecule has 0 rings (SSSR count). The highest BCUT2D eigenvalue weighted by atomic mass is 16.2. The Hall–Kier alpha value is -0.560. The summed E-state index contributed by atoms with van der Waals surface area (Å²) in [5.41, 5.74) is 2.82. The van der Waals surface area contributed by atoms with E-state index in [1.807, 2.05) is 6.08 Å². The molecule has 0 amide bonds. The van der Waals surface area contributed by atoms with E-state index in [1.165, 1.54) is 24.0 Å². The van der Waals surface area contributed by atoms with Gasteiger partial charge in [-0.3, -0.25) is 0 Å². The summed E-state index contributed by atoms with van der Waals surface area (Å²) in [5, 5.41) is 8.65. The zero-order valence-corrected chi connectivity index (χ0v) is 9.14. The molecule has 0 fully saturated rings. The molecule has 0 heterocycles. The molecule has 1 heteroatoms. The smallest absolute Gasteiger partial charge is 0.0614 e. The first-order valence-electron chi connectivity index (χ1n) is 5.18. The Morgan fingerprint density at radius 3 is 2.23 bits per heavy atom. The van der Waals surface area contributed by atoms with Crippen molar-refractivity contribution in [1.29, 1.82) is 0 Å². The zero-order chi connectivity index (χ0) is 10.1. The van der Waals surface area contributed by atoms with Crippen LogP contribution in [0, 0.1) is 0 Å². The lowest BCUT2D eigenvalue weighted by atomic mass is 10.1. The van der Waals surface area contributed by atoms with Crippen molar-refractivity contribution in [1.82, 2.24) is 0 Å². The summed E-state index contributed by atoms with van der Waals surface area (Å²) in [6.07, 6.45) is 8.72. The summed E-state index contributed by atoms with van der Waals surface area (Å²) in [4.78, 5) is 0. The third-order valence-corrected chi connectivity index (χ3v) is 2.32. The predicted octanol–water partition coefficient (Wildman–Crippen LogP) is 3.45. The van der Waals surface area contributed by atoms with E-state index in [4.69, 9.17) is 5.11 Å². The molecule has 0 saturated heterocycles. The fourth-order valence-corrected chi connectivity index (χ4v) is 1.30. The van der Waals surface area contributed by atoms with Crippen LogP contribution in [0.25, 0.3) is 0 Å². The van der Waals surface area contributed by atoms with E-state index in [0.29, 0.717) is 0 Å². The average molecular weight is 182 g/mol. The Morgan fingerprint density at radius 1 is 1.15 bits per heavy atom. The van der Waals surface area contributed by atoms with Crippen molar-refractivity contribution in [2.75, 3.05) is 6.61 Å². The van der Waals surface area contributed by atoms with Gasteiger partial charge in [0.15, 0.2) is 0 Å². The number of rotatable bonds is 6. The van der Waals surface area contributed by atoms with Crippen LogP contribution in [0.3, 0.4) is 0 Å². The van der Waals surface area contributed by atoms with E-state index < -0.39 is 0 Å². The van der Waals surface area contributed by atoms with Crippen molar-refractivity contribution >= 4 is 0 Å². The Bertz CT molecular complexity index is 172. The van der Waals surface area contributed by atoms with Crippen molar-refractivity contribution in [3.05, 3.63) is 23.3 Å². The van der Waals surface area contributed by atoms with Gasteiger partial charge in [0, 0.05) is 0 Å². The molecule has 0 aromatic rings. The molecule has 1 nitrogen and oxygen atoms in total. The molecule has 0 aliphatic heterocycles. The number of hydrogen-bond donors (Lipinski definition) is 1. The first-order valence-corrected chi connectivity index (χ1v) is 5.18. The second-order valence-corrected chi connectivity index (χ2v) is 3.34. The summed E-state index contributed by atoms with van der Waals surface area (Å²) in [6.45, 7) is 6.64. The van der Waals surface area contributed by atoms with Crippen molar-refractivity contribution in [2.45, 2.75) is 46.5 Å². The van der Waals surface area contributed by atoms with Crippen molar-refractivity contribution in [3.63, 3.8) is 0 Å². The molecular formula is C12H22O. The van der Waals surface area contributed by atoms with E-state index in [1.54, 1.807) is 0 Å². The minimum absolute atomic E-state index is 0.171. The van der Waals surface area contributed by atoms with Gasteiger partial charge in [-0.15, -0.1) is 0 Å². The second kappa shape index (κ2) is 8.06. The molecule has 0 unspecified atom stereocenters. The van der Waals surface area contributed by atoms with Gasteiger partial charge < -0.3 is 5.11 Å². The van der Waals surface area contributed by atoms with Gasteiger partial charge in [0.1, 0.15) is 0 Å². The number of aliphatic hydroxyl groups excluding tert-OH is 1. The maximum Gasteiger partial charge on any atom is 0.0614 e. The summed E-state index contributed by atoms with van der Waals surface area (Å²) in [7, 11) is 0. The molecule has 0 aromatic carbocycles.